The van der Waals surface area contributed by atoms with Gasteiger partial charge in [0.15, 0.2) is 11.5 Å². The monoisotopic (exact) mass is 504 g/mol. The van der Waals surface area contributed by atoms with Crippen molar-refractivity contribution in [3.63, 3.8) is 0 Å². The Morgan fingerprint density at radius 1 is 1.00 bits per heavy atom. The van der Waals surface area contributed by atoms with Crippen LogP contribution in [0.2, 0.25) is 5.02 Å². The molecule has 1 amide bonds. The minimum atomic E-state index is -0.939. The number of ether oxygens (including phenoxy) is 4. The van der Waals surface area contributed by atoms with Gasteiger partial charge in [0.1, 0.15) is 17.3 Å². The van der Waals surface area contributed by atoms with Crippen molar-refractivity contribution in [2.75, 3.05) is 55.6 Å². The van der Waals surface area contributed by atoms with E-state index >= 15 is 0 Å². The summed E-state index contributed by atoms with van der Waals surface area (Å²) in [6.07, 6.45) is 0. The van der Waals surface area contributed by atoms with Gasteiger partial charge in [-0.15, -0.1) is 0 Å². The van der Waals surface area contributed by atoms with Crippen molar-refractivity contribution in [2.45, 2.75) is 6.04 Å². The summed E-state index contributed by atoms with van der Waals surface area (Å²) in [4.78, 5) is 29.9. The zero-order valence-corrected chi connectivity index (χ0v) is 21.3. The number of amides is 1. The van der Waals surface area contributed by atoms with Crippen molar-refractivity contribution in [1.29, 1.82) is 0 Å². The Balaban J connectivity index is 2.33. The van der Waals surface area contributed by atoms with Gasteiger partial charge in [-0.1, -0.05) is 23.7 Å². The van der Waals surface area contributed by atoms with Crippen LogP contribution in [-0.2, 0) is 9.59 Å². The second kappa shape index (κ2) is 10.9. The molecule has 1 aliphatic heterocycles. The average Bonchev–Trinajstić information content (AvgIpc) is 3.10. The number of carbonyl (C=O) groups is 2. The number of halogens is 1. The number of hydrogen-bond donors (Lipinski definition) is 1. The molecule has 2 aromatic rings. The molecule has 0 aromatic heterocycles. The molecule has 1 atom stereocenters. The third kappa shape index (κ3) is 4.87. The molecular formula is C25H29ClN2O7. The van der Waals surface area contributed by atoms with Crippen molar-refractivity contribution in [3.8, 4) is 23.0 Å². The standard InChI is InChI=1S/C25H29ClN2O7/c1-27(2)10-11-28-21(14-8-7-9-17(32-3)24(14)35-6)20(23(30)25(28)31)22(29)15-12-19(34-5)16(26)13-18(15)33-4/h7-9,12-13,21,29H,10-11H2,1-6H3/b22-20+. The summed E-state index contributed by atoms with van der Waals surface area (Å²) in [5.74, 6) is -0.722. The number of hydrogen-bond acceptors (Lipinski definition) is 8. The first kappa shape index (κ1) is 26.2. The van der Waals surface area contributed by atoms with Crippen molar-refractivity contribution in [2.24, 2.45) is 0 Å². The fraction of sp³-hybridized carbons (Fsp3) is 0.360. The first-order valence-corrected chi connectivity index (χ1v) is 11.1. The normalized spacial score (nSPS) is 17.1. The summed E-state index contributed by atoms with van der Waals surface area (Å²) in [5, 5.41) is 11.7. The number of methoxy groups -OCH3 is 4. The summed E-state index contributed by atoms with van der Waals surface area (Å²) in [7, 11) is 9.53. The second-order valence-corrected chi connectivity index (χ2v) is 8.47. The Kier molecular flexibility index (Phi) is 8.14. The highest BCUT2D eigenvalue weighted by atomic mass is 35.5. The number of nitrogens with zero attached hydrogens (tertiary/aromatic N) is 2. The van der Waals surface area contributed by atoms with Crippen LogP contribution in [0.3, 0.4) is 0 Å². The maximum absolute atomic E-state index is 13.3. The molecule has 9 nitrogen and oxygen atoms in total. The molecule has 2 aromatic carbocycles. The highest BCUT2D eigenvalue weighted by Crippen LogP contribution is 2.47. The first-order chi connectivity index (χ1) is 16.7. The van der Waals surface area contributed by atoms with Crippen molar-refractivity contribution in [3.05, 3.63) is 52.1 Å². The zero-order valence-electron chi connectivity index (χ0n) is 20.5. The molecule has 3 rings (SSSR count). The van der Waals surface area contributed by atoms with E-state index in [1.165, 1.54) is 45.5 Å². The van der Waals surface area contributed by atoms with Gasteiger partial charge in [0, 0.05) is 24.7 Å². The van der Waals surface area contributed by atoms with Gasteiger partial charge in [-0.25, -0.2) is 0 Å². The van der Waals surface area contributed by atoms with Gasteiger partial charge >= 0.3 is 0 Å². The van der Waals surface area contributed by atoms with Gasteiger partial charge < -0.3 is 33.9 Å². The summed E-state index contributed by atoms with van der Waals surface area (Å²) in [5.41, 5.74) is 0.542. The number of Topliss-reactive ketones (excluding diaryl/α,β-unsaturated/α-hetero) is 1. The van der Waals surface area contributed by atoms with E-state index in [0.29, 0.717) is 23.6 Å². The minimum absolute atomic E-state index is 0.108. The molecule has 0 radical (unpaired) electrons. The van der Waals surface area contributed by atoms with E-state index in [0.717, 1.165) is 0 Å². The molecule has 0 aliphatic carbocycles. The van der Waals surface area contributed by atoms with Crippen molar-refractivity contribution in [1.82, 2.24) is 9.80 Å². The Morgan fingerprint density at radius 3 is 2.23 bits per heavy atom. The molecule has 0 spiro atoms. The molecule has 1 fully saturated rings. The second-order valence-electron chi connectivity index (χ2n) is 8.07. The molecule has 1 unspecified atom stereocenters. The predicted molar refractivity (Wildman–Crippen MR) is 132 cm³/mol. The van der Waals surface area contributed by atoms with Gasteiger partial charge in [-0.2, -0.15) is 0 Å². The highest BCUT2D eigenvalue weighted by molar-refractivity contribution is 6.46. The Hall–Kier alpha value is -3.43. The van der Waals surface area contributed by atoms with Crippen LogP contribution in [0, 0.1) is 0 Å². The summed E-state index contributed by atoms with van der Waals surface area (Å²) in [6.45, 7) is 0.731. The van der Waals surface area contributed by atoms with E-state index in [4.69, 9.17) is 30.5 Å². The first-order valence-electron chi connectivity index (χ1n) is 10.8. The van der Waals surface area contributed by atoms with E-state index in [1.807, 2.05) is 19.0 Å². The summed E-state index contributed by atoms with van der Waals surface area (Å²) >= 11 is 6.22. The van der Waals surface area contributed by atoms with E-state index in [-0.39, 0.29) is 34.2 Å². The van der Waals surface area contributed by atoms with Crippen LogP contribution in [0.25, 0.3) is 5.76 Å². The van der Waals surface area contributed by atoms with Crippen LogP contribution >= 0.6 is 11.6 Å². The summed E-state index contributed by atoms with van der Waals surface area (Å²) in [6, 6.07) is 7.16. The van der Waals surface area contributed by atoms with Crippen LogP contribution in [0.1, 0.15) is 17.2 Å². The average molecular weight is 505 g/mol. The number of carbonyl (C=O) groups excluding carboxylic acids is 2. The third-order valence-electron chi connectivity index (χ3n) is 5.79. The lowest BCUT2D eigenvalue weighted by atomic mass is 9.94. The smallest absolute Gasteiger partial charge is 0.295 e. The fourth-order valence-corrected chi connectivity index (χ4v) is 4.29. The van der Waals surface area contributed by atoms with Gasteiger partial charge in [0.2, 0.25) is 0 Å². The van der Waals surface area contributed by atoms with Crippen LogP contribution in [-0.4, -0.2) is 82.2 Å². The maximum atomic E-state index is 13.3. The molecule has 1 heterocycles. The molecule has 0 bridgehead atoms. The molecule has 1 N–H and O–H groups in total. The van der Waals surface area contributed by atoms with Gasteiger partial charge in [0.25, 0.3) is 11.7 Å². The lowest BCUT2D eigenvalue weighted by molar-refractivity contribution is -0.140. The summed E-state index contributed by atoms with van der Waals surface area (Å²) < 4.78 is 21.7. The number of benzene rings is 2. The lowest BCUT2D eigenvalue weighted by Crippen LogP contribution is -2.35. The Bertz CT molecular complexity index is 1160. The number of rotatable bonds is 9. The number of aliphatic hydroxyl groups excluding tert-OH is 1. The van der Waals surface area contributed by atoms with Crippen LogP contribution in [0.15, 0.2) is 35.9 Å². The number of aliphatic hydroxyl groups is 1. The SMILES string of the molecule is COc1cc(/C(O)=C2\C(=O)C(=O)N(CCN(C)C)C2c2cccc(OC)c2OC)c(OC)cc1Cl. The van der Waals surface area contributed by atoms with Crippen LogP contribution < -0.4 is 18.9 Å². The maximum Gasteiger partial charge on any atom is 0.295 e. The van der Waals surface area contributed by atoms with Gasteiger partial charge in [-0.05, 0) is 26.2 Å². The number of ketones is 1. The largest absolute Gasteiger partial charge is 0.507 e. The van der Waals surface area contributed by atoms with Crippen molar-refractivity contribution >= 4 is 29.1 Å². The molecule has 10 heteroatoms. The fourth-order valence-electron chi connectivity index (χ4n) is 4.06. The molecule has 0 saturated carbocycles. The lowest BCUT2D eigenvalue weighted by Gasteiger charge is -2.28. The van der Waals surface area contributed by atoms with Gasteiger partial charge in [0.05, 0.1) is 50.6 Å². The van der Waals surface area contributed by atoms with E-state index in [1.54, 1.807) is 18.2 Å². The van der Waals surface area contributed by atoms with Crippen LogP contribution in [0.4, 0.5) is 0 Å². The number of para-hydroxylation sites is 1. The number of likely N-dealkylation sites (N-methyl/N-ethyl adjacent to an activating group) is 1. The molecule has 1 saturated heterocycles. The van der Waals surface area contributed by atoms with E-state index in [2.05, 4.69) is 0 Å². The molecule has 1 aliphatic rings. The molecule has 188 valence electrons. The third-order valence-corrected chi connectivity index (χ3v) is 6.08. The Morgan fingerprint density at radius 2 is 1.66 bits per heavy atom. The highest BCUT2D eigenvalue weighted by Gasteiger charge is 2.47. The van der Waals surface area contributed by atoms with Crippen LogP contribution in [0.5, 0.6) is 23.0 Å². The topological polar surface area (TPSA) is 97.8 Å². The van der Waals surface area contributed by atoms with Crippen molar-refractivity contribution < 1.29 is 33.6 Å². The van der Waals surface area contributed by atoms with Gasteiger partial charge in [-0.3, -0.25) is 9.59 Å². The quantitative estimate of drug-likeness (QED) is 0.315. The number of likely N-dealkylation sites (tertiary alicyclic amines) is 1. The predicted octanol–water partition coefficient (Wildman–Crippen LogP) is 3.36. The minimum Gasteiger partial charge on any atom is -0.507 e. The molecular weight excluding hydrogens is 476 g/mol. The van der Waals surface area contributed by atoms with E-state index < -0.39 is 23.5 Å². The zero-order chi connectivity index (χ0) is 25.9. The Labute approximate surface area is 209 Å². The van der Waals surface area contributed by atoms with E-state index in [9.17, 15) is 14.7 Å². The molecule has 35 heavy (non-hydrogen) atoms.